The fourth-order valence-electron chi connectivity index (χ4n) is 3.36. The second-order valence-corrected chi connectivity index (χ2v) is 6.35. The molecule has 2 atom stereocenters. The molecule has 0 aliphatic carbocycles. The van der Waals surface area contributed by atoms with Crippen LogP contribution in [0.25, 0.3) is 0 Å². The predicted molar refractivity (Wildman–Crippen MR) is 92.9 cm³/mol. The molecule has 3 heterocycles. The molecule has 0 radical (unpaired) electrons. The zero-order valence-corrected chi connectivity index (χ0v) is 14.4. The first-order valence-corrected chi connectivity index (χ1v) is 8.83. The van der Waals surface area contributed by atoms with Crippen LogP contribution in [0.1, 0.15) is 50.8 Å². The molecule has 2 unspecified atom stereocenters. The van der Waals surface area contributed by atoms with Gasteiger partial charge in [-0.05, 0) is 45.7 Å². The monoisotopic (exact) mass is 337 g/mol. The molecule has 0 bridgehead atoms. The number of hydrogen-bond donors (Lipinski definition) is 0. The average Bonchev–Trinajstić information content (AvgIpc) is 3.19. The van der Waals surface area contributed by atoms with Crippen molar-refractivity contribution < 1.29 is 4.74 Å². The van der Waals surface area contributed by atoms with Crippen LogP contribution in [0.4, 0.5) is 5.82 Å². The van der Waals surface area contributed by atoms with E-state index in [0.717, 1.165) is 43.1 Å². The van der Waals surface area contributed by atoms with Gasteiger partial charge in [0, 0.05) is 13.1 Å². The topological polar surface area (TPSA) is 55.0 Å². The molecule has 0 amide bonds. The summed E-state index contributed by atoms with van der Waals surface area (Å²) in [4.78, 5) is 11.0. The van der Waals surface area contributed by atoms with Gasteiger partial charge in [0.1, 0.15) is 11.8 Å². The number of likely N-dealkylation sites (tertiary alicyclic amines) is 1. The van der Waals surface area contributed by atoms with Crippen molar-refractivity contribution >= 4 is 30.0 Å². The van der Waals surface area contributed by atoms with Crippen LogP contribution in [-0.4, -0.2) is 52.4 Å². The highest BCUT2D eigenvalue weighted by Gasteiger charge is 2.29. The van der Waals surface area contributed by atoms with Gasteiger partial charge in [-0.3, -0.25) is 4.99 Å². The molecule has 2 fully saturated rings. The Morgan fingerprint density at radius 1 is 1.39 bits per heavy atom. The number of nitrogens with zero attached hydrogens (tertiary/aromatic N) is 5. The van der Waals surface area contributed by atoms with E-state index in [1.807, 2.05) is 10.9 Å². The third kappa shape index (κ3) is 3.43. The number of rotatable bonds is 4. The molecule has 0 spiro atoms. The Kier molecular flexibility index (Phi) is 5.33. The van der Waals surface area contributed by atoms with Gasteiger partial charge in [-0.1, -0.05) is 0 Å². The standard InChI is InChI=1S/C16H24ClN5O/c1-12-6-7-14(23-12)22-15(18-2)13(10-20-22)16(19-11-17)21-8-4-3-5-9-21/h10,12,14H,2-9,11H2,1H3/b19-16+. The minimum absolute atomic E-state index is 0.0714. The lowest BCUT2D eigenvalue weighted by molar-refractivity contribution is 0.00446. The van der Waals surface area contributed by atoms with Crippen molar-refractivity contribution in [2.45, 2.75) is 51.4 Å². The predicted octanol–water partition coefficient (Wildman–Crippen LogP) is 3.34. The largest absolute Gasteiger partial charge is 0.356 e. The summed E-state index contributed by atoms with van der Waals surface area (Å²) >= 11 is 5.90. The summed E-state index contributed by atoms with van der Waals surface area (Å²) in [7, 11) is 0. The van der Waals surface area contributed by atoms with Crippen molar-refractivity contribution in [3.8, 4) is 0 Å². The van der Waals surface area contributed by atoms with Crippen LogP contribution in [-0.2, 0) is 4.74 Å². The van der Waals surface area contributed by atoms with E-state index in [-0.39, 0.29) is 18.3 Å². The number of aromatic nitrogens is 2. The number of hydrogen-bond acceptors (Lipinski definition) is 4. The van der Waals surface area contributed by atoms with Crippen molar-refractivity contribution in [1.82, 2.24) is 14.7 Å². The maximum atomic E-state index is 5.92. The number of piperidine rings is 1. The molecule has 1 aromatic rings. The van der Waals surface area contributed by atoms with Crippen molar-refractivity contribution in [2.75, 3.05) is 19.1 Å². The second kappa shape index (κ2) is 7.45. The number of alkyl halides is 1. The van der Waals surface area contributed by atoms with Crippen LogP contribution >= 0.6 is 11.6 Å². The Morgan fingerprint density at radius 2 is 2.17 bits per heavy atom. The van der Waals surface area contributed by atoms with Crippen LogP contribution in [0.5, 0.6) is 0 Å². The van der Waals surface area contributed by atoms with E-state index in [0.29, 0.717) is 0 Å². The van der Waals surface area contributed by atoms with Gasteiger partial charge in [0.05, 0.1) is 17.9 Å². The fraction of sp³-hybridized carbons (Fsp3) is 0.688. The summed E-state index contributed by atoms with van der Waals surface area (Å²) in [5, 5.41) is 4.51. The minimum atomic E-state index is -0.0714. The lowest BCUT2D eigenvalue weighted by Gasteiger charge is -2.29. The number of halogens is 1. The summed E-state index contributed by atoms with van der Waals surface area (Å²) < 4.78 is 7.75. The highest BCUT2D eigenvalue weighted by molar-refractivity contribution is 6.18. The summed E-state index contributed by atoms with van der Waals surface area (Å²) in [6.07, 6.45) is 7.59. The summed E-state index contributed by atoms with van der Waals surface area (Å²) in [6, 6.07) is 0.227. The van der Waals surface area contributed by atoms with E-state index in [1.165, 1.54) is 19.3 Å². The number of amidine groups is 1. The summed E-state index contributed by atoms with van der Waals surface area (Å²) in [6.45, 7) is 7.80. The first kappa shape index (κ1) is 16.5. The van der Waals surface area contributed by atoms with Crippen molar-refractivity contribution in [3.63, 3.8) is 0 Å². The van der Waals surface area contributed by atoms with Crippen molar-refractivity contribution in [2.24, 2.45) is 9.98 Å². The molecule has 23 heavy (non-hydrogen) atoms. The SMILES string of the molecule is C=Nc1c(/C(=N\CCl)N2CCCCC2)cnn1C1CCC(C)O1. The lowest BCUT2D eigenvalue weighted by atomic mass is 10.1. The van der Waals surface area contributed by atoms with Crippen LogP contribution in [0, 0.1) is 0 Å². The molecular formula is C16H24ClN5O. The molecule has 6 nitrogen and oxygen atoms in total. The summed E-state index contributed by atoms with van der Waals surface area (Å²) in [5.74, 6) is 1.60. The van der Waals surface area contributed by atoms with E-state index in [1.54, 1.807) is 0 Å². The molecule has 2 aliphatic rings. The van der Waals surface area contributed by atoms with Gasteiger partial charge in [0.2, 0.25) is 0 Å². The van der Waals surface area contributed by atoms with Crippen molar-refractivity contribution in [1.29, 1.82) is 0 Å². The lowest BCUT2D eigenvalue weighted by Crippen LogP contribution is -2.36. The molecule has 3 rings (SSSR count). The van der Waals surface area contributed by atoms with E-state index in [9.17, 15) is 0 Å². The number of ether oxygens (including phenoxy) is 1. The molecule has 126 valence electrons. The summed E-state index contributed by atoms with van der Waals surface area (Å²) in [5.41, 5.74) is 0.894. The third-order valence-corrected chi connectivity index (χ3v) is 4.63. The zero-order valence-electron chi connectivity index (χ0n) is 13.6. The first-order chi connectivity index (χ1) is 11.2. The van der Waals surface area contributed by atoms with Crippen LogP contribution < -0.4 is 0 Å². The Morgan fingerprint density at radius 3 is 2.78 bits per heavy atom. The Bertz CT molecular complexity index is 579. The molecule has 0 N–H and O–H groups in total. The van der Waals surface area contributed by atoms with Crippen LogP contribution in [0.15, 0.2) is 16.2 Å². The highest BCUT2D eigenvalue weighted by atomic mass is 35.5. The van der Waals surface area contributed by atoms with E-state index in [4.69, 9.17) is 16.3 Å². The van der Waals surface area contributed by atoms with Gasteiger partial charge in [0.15, 0.2) is 12.0 Å². The number of aliphatic imine (C=N–C) groups is 2. The highest BCUT2D eigenvalue weighted by Crippen LogP contribution is 2.33. The molecule has 2 saturated heterocycles. The van der Waals surface area contributed by atoms with Gasteiger partial charge >= 0.3 is 0 Å². The fourth-order valence-corrected chi connectivity index (χ4v) is 3.47. The molecule has 7 heteroatoms. The quantitative estimate of drug-likeness (QED) is 0.366. The van der Waals surface area contributed by atoms with Gasteiger partial charge in [-0.15, -0.1) is 11.6 Å². The Labute approximate surface area is 142 Å². The van der Waals surface area contributed by atoms with Crippen LogP contribution in [0.3, 0.4) is 0 Å². The molecule has 0 aromatic carbocycles. The van der Waals surface area contributed by atoms with Crippen LogP contribution in [0.2, 0.25) is 0 Å². The molecule has 2 aliphatic heterocycles. The Hall–Kier alpha value is -1.40. The van der Waals surface area contributed by atoms with Crippen molar-refractivity contribution in [3.05, 3.63) is 11.8 Å². The maximum Gasteiger partial charge on any atom is 0.163 e. The third-order valence-electron chi connectivity index (χ3n) is 4.51. The normalized spacial score (nSPS) is 25.8. The van der Waals surface area contributed by atoms with E-state index >= 15 is 0 Å². The molecule has 0 saturated carbocycles. The first-order valence-electron chi connectivity index (χ1n) is 8.30. The maximum absolute atomic E-state index is 5.92. The van der Waals surface area contributed by atoms with Gasteiger partial charge in [-0.2, -0.15) is 5.10 Å². The smallest absolute Gasteiger partial charge is 0.163 e. The van der Waals surface area contributed by atoms with Gasteiger partial charge in [-0.25, -0.2) is 9.67 Å². The van der Waals surface area contributed by atoms with Gasteiger partial charge in [0.25, 0.3) is 0 Å². The van der Waals surface area contributed by atoms with Gasteiger partial charge < -0.3 is 9.64 Å². The molecular weight excluding hydrogens is 314 g/mol. The minimum Gasteiger partial charge on any atom is -0.356 e. The molecule has 1 aromatic heterocycles. The van der Waals surface area contributed by atoms with E-state index < -0.39 is 0 Å². The Balaban J connectivity index is 1.92. The second-order valence-electron chi connectivity index (χ2n) is 6.11. The zero-order chi connectivity index (χ0) is 16.2. The average molecular weight is 338 g/mol. The van der Waals surface area contributed by atoms with E-state index in [2.05, 4.69) is 33.6 Å².